The molecule has 0 saturated heterocycles. The number of benzene rings is 2. The van der Waals surface area contributed by atoms with E-state index in [4.69, 9.17) is 12.2 Å². The molecule has 142 valence electrons. The van der Waals surface area contributed by atoms with E-state index in [2.05, 4.69) is 20.9 Å². The third-order valence-electron chi connectivity index (χ3n) is 3.91. The third-order valence-corrected chi connectivity index (χ3v) is 5.69. The summed E-state index contributed by atoms with van der Waals surface area (Å²) in [6.45, 7) is 0.531. The van der Waals surface area contributed by atoms with Gasteiger partial charge in [-0.2, -0.15) is 0 Å². The van der Waals surface area contributed by atoms with Crippen LogP contribution in [-0.4, -0.2) is 25.5 Å². The van der Waals surface area contributed by atoms with Crippen LogP contribution in [0.1, 0.15) is 28.8 Å². The monoisotopic (exact) mass is 404 g/mol. The maximum absolute atomic E-state index is 12.1. The number of carbonyl (C=O) groups excluding carboxylic acids is 1. The van der Waals surface area contributed by atoms with E-state index in [-0.39, 0.29) is 16.0 Å². The lowest BCUT2D eigenvalue weighted by Crippen LogP contribution is -2.46. The molecular formula is C18H20N4O3S2. The fourth-order valence-corrected chi connectivity index (χ4v) is 3.71. The molecule has 0 atom stereocenters. The molecule has 7 nitrogen and oxygen atoms in total. The second kappa shape index (κ2) is 8.47. The molecule has 1 aliphatic rings. The predicted octanol–water partition coefficient (Wildman–Crippen LogP) is 1.44. The molecule has 1 amide bonds. The average molecular weight is 405 g/mol. The highest BCUT2D eigenvalue weighted by molar-refractivity contribution is 7.89. The predicted molar refractivity (Wildman–Crippen MR) is 106 cm³/mol. The summed E-state index contributed by atoms with van der Waals surface area (Å²) in [4.78, 5) is 12.3. The van der Waals surface area contributed by atoms with Gasteiger partial charge in [-0.15, -0.1) is 0 Å². The maximum Gasteiger partial charge on any atom is 0.269 e. The van der Waals surface area contributed by atoms with Crippen molar-refractivity contribution in [1.82, 2.24) is 20.9 Å². The van der Waals surface area contributed by atoms with Crippen LogP contribution in [0.25, 0.3) is 0 Å². The number of rotatable bonds is 6. The quantitative estimate of drug-likeness (QED) is 0.430. The summed E-state index contributed by atoms with van der Waals surface area (Å²) in [5.74, 6) is -0.419. The molecule has 4 N–H and O–H groups in total. The molecule has 0 spiro atoms. The summed E-state index contributed by atoms with van der Waals surface area (Å²) in [5, 5.41) is 3.25. The van der Waals surface area contributed by atoms with Crippen LogP contribution >= 0.6 is 12.2 Å². The summed E-state index contributed by atoms with van der Waals surface area (Å²) < 4.78 is 26.8. The first-order valence-electron chi connectivity index (χ1n) is 8.44. The third kappa shape index (κ3) is 5.75. The summed E-state index contributed by atoms with van der Waals surface area (Å²) in [7, 11) is -3.53. The van der Waals surface area contributed by atoms with Crippen LogP contribution in [0.3, 0.4) is 0 Å². The molecule has 2 aromatic carbocycles. The minimum atomic E-state index is -3.53. The second-order valence-corrected chi connectivity index (χ2v) is 8.29. The zero-order valence-electron chi connectivity index (χ0n) is 14.4. The second-order valence-electron chi connectivity index (χ2n) is 6.17. The molecule has 1 saturated carbocycles. The van der Waals surface area contributed by atoms with Crippen molar-refractivity contribution in [2.75, 3.05) is 0 Å². The SMILES string of the molecule is O=C(NNC(=S)NCc1ccccc1)c1ccc(S(=O)(=O)NC2CC2)cc1. The Hall–Kier alpha value is -2.49. The summed E-state index contributed by atoms with van der Waals surface area (Å²) in [5.41, 5.74) is 6.48. The Morgan fingerprint density at radius 3 is 2.30 bits per heavy atom. The minimum Gasteiger partial charge on any atom is -0.357 e. The molecule has 0 aliphatic heterocycles. The van der Waals surface area contributed by atoms with E-state index >= 15 is 0 Å². The van der Waals surface area contributed by atoms with Gasteiger partial charge in [-0.05, 0) is 54.9 Å². The van der Waals surface area contributed by atoms with Gasteiger partial charge in [0.25, 0.3) is 5.91 Å². The van der Waals surface area contributed by atoms with E-state index in [9.17, 15) is 13.2 Å². The fraction of sp³-hybridized carbons (Fsp3) is 0.222. The molecule has 0 heterocycles. The average Bonchev–Trinajstić information content (AvgIpc) is 3.48. The number of nitrogens with one attached hydrogen (secondary N) is 4. The van der Waals surface area contributed by atoms with Gasteiger partial charge >= 0.3 is 0 Å². The lowest BCUT2D eigenvalue weighted by atomic mass is 10.2. The van der Waals surface area contributed by atoms with Crippen LogP contribution in [0.5, 0.6) is 0 Å². The number of amides is 1. The van der Waals surface area contributed by atoms with E-state index in [0.29, 0.717) is 12.1 Å². The molecular weight excluding hydrogens is 384 g/mol. The van der Waals surface area contributed by atoms with Crippen molar-refractivity contribution in [3.8, 4) is 0 Å². The first-order valence-corrected chi connectivity index (χ1v) is 10.3. The van der Waals surface area contributed by atoms with E-state index < -0.39 is 15.9 Å². The Balaban J connectivity index is 1.48. The number of thiocarbonyl (C=S) groups is 1. The van der Waals surface area contributed by atoms with Crippen molar-refractivity contribution < 1.29 is 13.2 Å². The number of hydrazine groups is 1. The molecule has 9 heteroatoms. The largest absolute Gasteiger partial charge is 0.357 e. The van der Waals surface area contributed by atoms with Gasteiger partial charge in [0, 0.05) is 18.2 Å². The first-order chi connectivity index (χ1) is 12.9. The van der Waals surface area contributed by atoms with Gasteiger partial charge in [0.05, 0.1) is 4.90 Å². The smallest absolute Gasteiger partial charge is 0.269 e. The number of carbonyl (C=O) groups is 1. The first kappa shape index (κ1) is 19.3. The highest BCUT2D eigenvalue weighted by atomic mass is 32.2. The summed E-state index contributed by atoms with van der Waals surface area (Å²) >= 11 is 5.11. The molecule has 0 unspecified atom stereocenters. The molecule has 3 rings (SSSR count). The lowest BCUT2D eigenvalue weighted by Gasteiger charge is -2.12. The van der Waals surface area contributed by atoms with Crippen LogP contribution in [0.2, 0.25) is 0 Å². The van der Waals surface area contributed by atoms with Crippen molar-refractivity contribution in [2.24, 2.45) is 0 Å². The van der Waals surface area contributed by atoms with Crippen molar-refractivity contribution in [2.45, 2.75) is 30.3 Å². The number of sulfonamides is 1. The van der Waals surface area contributed by atoms with Crippen molar-refractivity contribution in [1.29, 1.82) is 0 Å². The zero-order chi connectivity index (χ0) is 19.3. The topological polar surface area (TPSA) is 99.3 Å². The molecule has 1 aliphatic carbocycles. The molecule has 1 fully saturated rings. The van der Waals surface area contributed by atoms with Crippen molar-refractivity contribution in [3.63, 3.8) is 0 Å². The van der Waals surface area contributed by atoms with E-state index in [1.54, 1.807) is 0 Å². The van der Waals surface area contributed by atoms with E-state index in [1.807, 2.05) is 30.3 Å². The van der Waals surface area contributed by atoms with Gasteiger partial charge < -0.3 is 5.32 Å². The van der Waals surface area contributed by atoms with Gasteiger partial charge in [-0.25, -0.2) is 13.1 Å². The van der Waals surface area contributed by atoms with Gasteiger partial charge in [-0.3, -0.25) is 15.6 Å². The van der Waals surface area contributed by atoms with Gasteiger partial charge in [-0.1, -0.05) is 30.3 Å². The van der Waals surface area contributed by atoms with Crippen LogP contribution in [0.4, 0.5) is 0 Å². The van der Waals surface area contributed by atoms with Gasteiger partial charge in [0.2, 0.25) is 10.0 Å². The highest BCUT2D eigenvalue weighted by Gasteiger charge is 2.27. The van der Waals surface area contributed by atoms with E-state index in [1.165, 1.54) is 24.3 Å². The van der Waals surface area contributed by atoms with Crippen LogP contribution in [0, 0.1) is 0 Å². The zero-order valence-corrected chi connectivity index (χ0v) is 16.1. The highest BCUT2D eigenvalue weighted by Crippen LogP contribution is 2.22. The Bertz CT molecular complexity index is 911. The van der Waals surface area contributed by atoms with Crippen molar-refractivity contribution in [3.05, 3.63) is 65.7 Å². The standard InChI is InChI=1S/C18H20N4O3S2/c23-17(20-21-18(26)19-12-13-4-2-1-3-5-13)14-6-10-16(11-7-14)27(24,25)22-15-8-9-15/h1-7,10-11,15,22H,8-9,12H2,(H,20,23)(H2,19,21,26). The minimum absolute atomic E-state index is 0.0339. The normalized spacial score (nSPS) is 13.6. The summed E-state index contributed by atoms with van der Waals surface area (Å²) in [6.07, 6.45) is 1.73. The van der Waals surface area contributed by atoms with Crippen LogP contribution < -0.4 is 20.9 Å². The molecule has 0 bridgehead atoms. The number of hydrogen-bond acceptors (Lipinski definition) is 4. The number of hydrogen-bond donors (Lipinski definition) is 4. The molecule has 0 radical (unpaired) electrons. The Labute approximate surface area is 163 Å². The van der Waals surface area contributed by atoms with Crippen LogP contribution in [-0.2, 0) is 16.6 Å². The molecule has 27 heavy (non-hydrogen) atoms. The lowest BCUT2D eigenvalue weighted by molar-refractivity contribution is 0.0943. The molecule has 0 aromatic heterocycles. The van der Waals surface area contributed by atoms with E-state index in [0.717, 1.165) is 18.4 Å². The Morgan fingerprint density at radius 2 is 1.67 bits per heavy atom. The van der Waals surface area contributed by atoms with Crippen LogP contribution in [0.15, 0.2) is 59.5 Å². The fourth-order valence-electron chi connectivity index (χ4n) is 2.28. The van der Waals surface area contributed by atoms with Gasteiger partial charge in [0.15, 0.2) is 5.11 Å². The maximum atomic E-state index is 12.1. The van der Waals surface area contributed by atoms with Crippen molar-refractivity contribution >= 4 is 33.3 Å². The molecule has 2 aromatic rings. The summed E-state index contributed by atoms with van der Waals surface area (Å²) in [6, 6.07) is 15.5. The van der Waals surface area contributed by atoms with Gasteiger partial charge in [0.1, 0.15) is 0 Å². The Kier molecular flexibility index (Phi) is 6.04. The Morgan fingerprint density at radius 1 is 1.00 bits per heavy atom.